The maximum atomic E-state index is 13.7. The summed E-state index contributed by atoms with van der Waals surface area (Å²) >= 11 is 0. The van der Waals surface area contributed by atoms with E-state index in [2.05, 4.69) is 16.8 Å². The molecule has 1 atom stereocenters. The lowest BCUT2D eigenvalue weighted by molar-refractivity contribution is 0.248. The molecule has 1 aliphatic rings. The first kappa shape index (κ1) is 13.3. The molecule has 1 aromatic rings. The van der Waals surface area contributed by atoms with Gasteiger partial charge in [0.05, 0.1) is 0 Å². The van der Waals surface area contributed by atoms with Crippen molar-refractivity contribution in [3.63, 3.8) is 0 Å². The molecule has 1 aliphatic heterocycles. The number of halogens is 1. The third-order valence-corrected chi connectivity index (χ3v) is 3.81. The number of nitrogens with two attached hydrogens (primary N) is 1. The van der Waals surface area contributed by atoms with Crippen molar-refractivity contribution in [3.8, 4) is 0 Å². The number of likely N-dealkylation sites (tertiary alicyclic amines) is 1. The molecule has 0 spiro atoms. The van der Waals surface area contributed by atoms with Crippen LogP contribution in [-0.2, 0) is 6.54 Å². The van der Waals surface area contributed by atoms with Gasteiger partial charge >= 0.3 is 0 Å². The van der Waals surface area contributed by atoms with Gasteiger partial charge in [0, 0.05) is 37.4 Å². The van der Waals surface area contributed by atoms with Crippen molar-refractivity contribution >= 4 is 5.69 Å². The second kappa shape index (κ2) is 5.67. The van der Waals surface area contributed by atoms with Crippen LogP contribution < -0.4 is 10.6 Å². The van der Waals surface area contributed by atoms with E-state index in [1.54, 1.807) is 12.1 Å². The number of hydrogen-bond acceptors (Lipinski definition) is 3. The summed E-state index contributed by atoms with van der Waals surface area (Å²) < 4.78 is 13.7. The fraction of sp³-hybridized carbons (Fsp3) is 0.571. The highest BCUT2D eigenvalue weighted by Gasteiger charge is 2.21. The molecule has 0 aliphatic carbocycles. The summed E-state index contributed by atoms with van der Waals surface area (Å²) in [5.74, 6) is -0.203. The molecule has 1 unspecified atom stereocenters. The highest BCUT2D eigenvalue weighted by Crippen LogP contribution is 2.23. The molecule has 2 N–H and O–H groups in total. The van der Waals surface area contributed by atoms with Crippen LogP contribution in [0.4, 0.5) is 10.1 Å². The van der Waals surface area contributed by atoms with Gasteiger partial charge in [-0.1, -0.05) is 6.07 Å². The fourth-order valence-electron chi connectivity index (χ4n) is 2.59. The maximum absolute atomic E-state index is 13.7. The van der Waals surface area contributed by atoms with Crippen molar-refractivity contribution in [2.45, 2.75) is 25.4 Å². The highest BCUT2D eigenvalue weighted by molar-refractivity contribution is 5.48. The van der Waals surface area contributed by atoms with Crippen molar-refractivity contribution < 1.29 is 4.39 Å². The number of hydrogen-bond donors (Lipinski definition) is 1. The fourth-order valence-corrected chi connectivity index (χ4v) is 2.59. The molecule has 4 heteroatoms. The van der Waals surface area contributed by atoms with E-state index >= 15 is 0 Å². The van der Waals surface area contributed by atoms with Gasteiger partial charge < -0.3 is 15.5 Å². The van der Waals surface area contributed by atoms with Crippen LogP contribution in [-0.4, -0.2) is 38.1 Å². The summed E-state index contributed by atoms with van der Waals surface area (Å²) in [7, 11) is 4.18. The normalized spacial score (nSPS) is 21.0. The maximum Gasteiger partial charge on any atom is 0.129 e. The van der Waals surface area contributed by atoms with Gasteiger partial charge in [-0.05, 0) is 38.6 Å². The van der Waals surface area contributed by atoms with Gasteiger partial charge in [0.15, 0.2) is 0 Å². The average Bonchev–Trinajstić information content (AvgIpc) is 2.37. The van der Waals surface area contributed by atoms with Gasteiger partial charge in [-0.3, -0.25) is 0 Å². The van der Waals surface area contributed by atoms with E-state index in [0.717, 1.165) is 18.8 Å². The Hall–Kier alpha value is -1.13. The molecule has 1 heterocycles. The van der Waals surface area contributed by atoms with Gasteiger partial charge in [-0.25, -0.2) is 4.39 Å². The van der Waals surface area contributed by atoms with E-state index in [4.69, 9.17) is 5.73 Å². The minimum absolute atomic E-state index is 0.203. The van der Waals surface area contributed by atoms with Gasteiger partial charge in [-0.2, -0.15) is 0 Å². The second-order valence-corrected chi connectivity index (χ2v) is 5.15. The van der Waals surface area contributed by atoms with E-state index in [1.165, 1.54) is 12.8 Å². The Morgan fingerprint density at radius 2 is 2.28 bits per heavy atom. The minimum atomic E-state index is -0.203. The van der Waals surface area contributed by atoms with E-state index < -0.39 is 0 Å². The Morgan fingerprint density at radius 1 is 1.50 bits per heavy atom. The largest absolute Gasteiger partial charge is 0.370 e. The molecule has 1 aromatic carbocycles. The molecule has 18 heavy (non-hydrogen) atoms. The van der Waals surface area contributed by atoms with Crippen molar-refractivity contribution in [3.05, 3.63) is 29.6 Å². The standard InChI is InChI=1S/C14H22FN3/c1-17-7-3-4-13(10-17)18(2)12-6-5-11(9-16)14(15)8-12/h5-6,8,13H,3-4,7,9-10,16H2,1-2H3. The smallest absolute Gasteiger partial charge is 0.129 e. The van der Waals surface area contributed by atoms with Crippen LogP contribution in [0.1, 0.15) is 18.4 Å². The lowest BCUT2D eigenvalue weighted by Crippen LogP contribution is -2.45. The van der Waals surface area contributed by atoms with Crippen LogP contribution in [0.25, 0.3) is 0 Å². The number of anilines is 1. The zero-order valence-electron chi connectivity index (χ0n) is 11.2. The molecule has 0 aromatic heterocycles. The topological polar surface area (TPSA) is 32.5 Å². The molecule has 1 fully saturated rings. The molecular formula is C14H22FN3. The summed E-state index contributed by atoms with van der Waals surface area (Å²) in [5, 5.41) is 0. The van der Waals surface area contributed by atoms with Gasteiger partial charge in [0.2, 0.25) is 0 Å². The molecule has 0 saturated carbocycles. The van der Waals surface area contributed by atoms with Crippen molar-refractivity contribution in [2.24, 2.45) is 5.73 Å². The predicted molar refractivity (Wildman–Crippen MR) is 73.2 cm³/mol. The Labute approximate surface area is 108 Å². The summed E-state index contributed by atoms with van der Waals surface area (Å²) in [5.41, 5.74) is 6.99. The molecule has 0 bridgehead atoms. The Kier molecular flexibility index (Phi) is 4.19. The summed E-state index contributed by atoms with van der Waals surface area (Å²) in [6.45, 7) is 2.45. The highest BCUT2D eigenvalue weighted by atomic mass is 19.1. The van der Waals surface area contributed by atoms with Crippen LogP contribution >= 0.6 is 0 Å². The van der Waals surface area contributed by atoms with Crippen LogP contribution in [0.3, 0.4) is 0 Å². The van der Waals surface area contributed by atoms with E-state index in [-0.39, 0.29) is 12.4 Å². The van der Waals surface area contributed by atoms with Crippen LogP contribution in [0, 0.1) is 5.82 Å². The van der Waals surface area contributed by atoms with Gasteiger partial charge in [-0.15, -0.1) is 0 Å². The lowest BCUT2D eigenvalue weighted by Gasteiger charge is -2.37. The van der Waals surface area contributed by atoms with E-state index in [1.807, 2.05) is 13.1 Å². The predicted octanol–water partition coefficient (Wildman–Crippen LogP) is 1.81. The third-order valence-electron chi connectivity index (χ3n) is 3.81. The Morgan fingerprint density at radius 3 is 2.89 bits per heavy atom. The van der Waals surface area contributed by atoms with Crippen molar-refractivity contribution in [1.82, 2.24) is 4.90 Å². The third kappa shape index (κ3) is 2.82. The molecular weight excluding hydrogens is 229 g/mol. The van der Waals surface area contributed by atoms with E-state index in [9.17, 15) is 4.39 Å². The molecule has 1 saturated heterocycles. The zero-order chi connectivity index (χ0) is 13.1. The monoisotopic (exact) mass is 251 g/mol. The molecule has 0 radical (unpaired) electrons. The SMILES string of the molecule is CN1CCCC(N(C)c2ccc(CN)c(F)c2)C1. The first-order valence-corrected chi connectivity index (χ1v) is 6.51. The van der Waals surface area contributed by atoms with Crippen LogP contribution in [0.5, 0.6) is 0 Å². The average molecular weight is 251 g/mol. The van der Waals surface area contributed by atoms with Crippen molar-refractivity contribution in [1.29, 1.82) is 0 Å². The molecule has 2 rings (SSSR count). The van der Waals surface area contributed by atoms with Crippen LogP contribution in [0.2, 0.25) is 0 Å². The number of piperidine rings is 1. The first-order chi connectivity index (χ1) is 8.61. The van der Waals surface area contributed by atoms with E-state index in [0.29, 0.717) is 11.6 Å². The van der Waals surface area contributed by atoms with Crippen molar-refractivity contribution in [2.75, 3.05) is 32.1 Å². The molecule has 3 nitrogen and oxygen atoms in total. The summed E-state index contributed by atoms with van der Waals surface area (Å²) in [6.07, 6.45) is 2.37. The first-order valence-electron chi connectivity index (χ1n) is 6.51. The quantitative estimate of drug-likeness (QED) is 0.889. The van der Waals surface area contributed by atoms with Gasteiger partial charge in [0.25, 0.3) is 0 Å². The number of nitrogens with zero attached hydrogens (tertiary/aromatic N) is 2. The number of likely N-dealkylation sites (N-methyl/N-ethyl adjacent to an activating group) is 2. The summed E-state index contributed by atoms with van der Waals surface area (Å²) in [6, 6.07) is 5.80. The minimum Gasteiger partial charge on any atom is -0.370 e. The summed E-state index contributed by atoms with van der Waals surface area (Å²) in [4.78, 5) is 4.51. The lowest BCUT2D eigenvalue weighted by atomic mass is 10.0. The Balaban J connectivity index is 2.12. The molecule has 0 amide bonds. The van der Waals surface area contributed by atoms with Crippen LogP contribution in [0.15, 0.2) is 18.2 Å². The number of rotatable bonds is 3. The van der Waals surface area contributed by atoms with Gasteiger partial charge in [0.1, 0.15) is 5.82 Å². The Bertz CT molecular complexity index is 408. The second-order valence-electron chi connectivity index (χ2n) is 5.15. The zero-order valence-corrected chi connectivity index (χ0v) is 11.2. The number of benzene rings is 1. The molecule has 100 valence electrons.